The molecule has 0 amide bonds. The second kappa shape index (κ2) is 12.4. The Balaban J connectivity index is 1.10. The zero-order valence-electron chi connectivity index (χ0n) is 32.1. The lowest BCUT2D eigenvalue weighted by Gasteiger charge is -2.32. The minimum absolute atomic E-state index is 0.435. The molecule has 59 heavy (non-hydrogen) atoms. The van der Waals surface area contributed by atoms with Crippen LogP contribution < -0.4 is 4.90 Å². The number of nitrogens with zero attached hydrogens (tertiary/aromatic N) is 1. The van der Waals surface area contributed by atoms with E-state index in [-0.39, 0.29) is 0 Å². The molecule has 1 aromatic heterocycles. The van der Waals surface area contributed by atoms with Crippen LogP contribution in [0.3, 0.4) is 0 Å². The van der Waals surface area contributed by atoms with Crippen LogP contribution in [0, 0.1) is 0 Å². The summed E-state index contributed by atoms with van der Waals surface area (Å²) in [5.74, 6) is 0. The maximum atomic E-state index is 2.53. The highest BCUT2D eigenvalue weighted by Gasteiger charge is 2.51. The highest BCUT2D eigenvalue weighted by Crippen LogP contribution is 2.63. The quantitative estimate of drug-likeness (QED) is 0.172. The van der Waals surface area contributed by atoms with Crippen molar-refractivity contribution in [1.82, 2.24) is 0 Å². The van der Waals surface area contributed by atoms with Gasteiger partial charge in [-0.15, -0.1) is 11.3 Å². The lowest BCUT2D eigenvalue weighted by molar-refractivity contribution is 0.793. The van der Waals surface area contributed by atoms with Crippen LogP contribution in [0.15, 0.2) is 212 Å². The van der Waals surface area contributed by atoms with E-state index in [1.165, 1.54) is 103 Å². The van der Waals surface area contributed by atoms with Crippen LogP contribution in [0.1, 0.15) is 22.3 Å². The number of anilines is 3. The summed E-state index contributed by atoms with van der Waals surface area (Å²) >= 11 is 1.90. The SMILES string of the molecule is c1ccc2c(c1)-c1ccccc1C21c2ccccc2-c2ccc(N(c3ccc(-c4cccc5ccccc45)cc3)c3cc4ccccc4c4c3sc3ccccc34)cc21. The van der Waals surface area contributed by atoms with E-state index in [4.69, 9.17) is 0 Å². The molecule has 10 aromatic carbocycles. The first-order valence-corrected chi connectivity index (χ1v) is 21.2. The van der Waals surface area contributed by atoms with E-state index in [0.717, 1.165) is 11.4 Å². The zero-order chi connectivity index (χ0) is 38.7. The summed E-state index contributed by atoms with van der Waals surface area (Å²) in [6, 6.07) is 79.3. The van der Waals surface area contributed by atoms with Gasteiger partial charge in [-0.2, -0.15) is 0 Å². The van der Waals surface area contributed by atoms with Crippen molar-refractivity contribution in [3.63, 3.8) is 0 Å². The van der Waals surface area contributed by atoms with Crippen LogP contribution >= 0.6 is 11.3 Å². The summed E-state index contributed by atoms with van der Waals surface area (Å²) in [7, 11) is 0. The summed E-state index contributed by atoms with van der Waals surface area (Å²) in [6.07, 6.45) is 0. The first-order valence-electron chi connectivity index (χ1n) is 20.4. The van der Waals surface area contributed by atoms with Crippen molar-refractivity contribution in [2.75, 3.05) is 4.90 Å². The Morgan fingerprint density at radius 2 is 0.881 bits per heavy atom. The summed E-state index contributed by atoms with van der Waals surface area (Å²) in [5, 5.41) is 7.67. The van der Waals surface area contributed by atoms with E-state index >= 15 is 0 Å². The average Bonchev–Trinajstić information content (AvgIpc) is 3.94. The monoisotopic (exact) mass is 765 g/mol. The topological polar surface area (TPSA) is 3.24 Å². The van der Waals surface area contributed by atoms with Crippen LogP contribution in [0.5, 0.6) is 0 Å². The van der Waals surface area contributed by atoms with Crippen LogP contribution in [0.2, 0.25) is 0 Å². The largest absolute Gasteiger partial charge is 0.309 e. The molecular weight excluding hydrogens is 731 g/mol. The molecule has 13 rings (SSSR count). The molecule has 1 nitrogen and oxygen atoms in total. The van der Waals surface area contributed by atoms with Crippen LogP contribution in [-0.2, 0) is 5.41 Å². The lowest BCUT2D eigenvalue weighted by Crippen LogP contribution is -2.26. The molecule has 0 N–H and O–H groups in total. The normalized spacial score (nSPS) is 13.2. The van der Waals surface area contributed by atoms with Gasteiger partial charge >= 0.3 is 0 Å². The Labute approximate surface area is 346 Å². The smallest absolute Gasteiger partial charge is 0.0726 e. The Morgan fingerprint density at radius 3 is 1.59 bits per heavy atom. The maximum absolute atomic E-state index is 2.53. The Kier molecular flexibility index (Phi) is 6.87. The molecule has 0 radical (unpaired) electrons. The molecule has 1 spiro atoms. The fourth-order valence-electron chi connectivity index (χ4n) is 10.6. The van der Waals surface area contributed by atoms with E-state index < -0.39 is 5.41 Å². The third-order valence-electron chi connectivity index (χ3n) is 13.1. The Hall–Kier alpha value is -7.26. The van der Waals surface area contributed by atoms with E-state index in [9.17, 15) is 0 Å². The molecular formula is C57H35NS. The van der Waals surface area contributed by atoms with Gasteiger partial charge in [0.1, 0.15) is 0 Å². The van der Waals surface area contributed by atoms with Gasteiger partial charge in [-0.25, -0.2) is 0 Å². The van der Waals surface area contributed by atoms with Crippen molar-refractivity contribution in [1.29, 1.82) is 0 Å². The Bertz CT molecular complexity index is 3450. The first-order chi connectivity index (χ1) is 29.3. The van der Waals surface area contributed by atoms with Crippen molar-refractivity contribution < 1.29 is 0 Å². The van der Waals surface area contributed by atoms with Gasteiger partial charge in [0, 0.05) is 26.8 Å². The van der Waals surface area contributed by atoms with E-state index in [2.05, 4.69) is 217 Å². The number of rotatable bonds is 4. The molecule has 0 unspecified atom stereocenters. The van der Waals surface area contributed by atoms with Gasteiger partial charge < -0.3 is 4.90 Å². The van der Waals surface area contributed by atoms with Gasteiger partial charge in [-0.3, -0.25) is 0 Å². The fraction of sp³-hybridized carbons (Fsp3) is 0.0175. The molecule has 0 aliphatic heterocycles. The van der Waals surface area contributed by atoms with Gasteiger partial charge in [-0.05, 0) is 114 Å². The van der Waals surface area contributed by atoms with Gasteiger partial charge in [0.05, 0.1) is 15.8 Å². The molecule has 0 fully saturated rings. The molecule has 0 atom stereocenters. The van der Waals surface area contributed by atoms with Crippen molar-refractivity contribution in [2.24, 2.45) is 0 Å². The molecule has 1 heterocycles. The van der Waals surface area contributed by atoms with E-state index in [1.54, 1.807) is 0 Å². The predicted molar refractivity (Wildman–Crippen MR) is 251 cm³/mol. The standard InChI is InChI=1S/C57H35NS/c1-3-17-41-36(14-1)16-13-23-42(41)37-28-30-39(31-29-37)58(53-34-38-15-2-4-18-43(38)55-48-22-8-12-27-54(48)59-56(53)55)40-32-33-47-46-21-7-11-26-51(46)57(52(47)35-40)49-24-9-5-19-44(49)45-20-6-10-25-50(45)57/h1-35H. The fourth-order valence-corrected chi connectivity index (χ4v) is 11.9. The van der Waals surface area contributed by atoms with Gasteiger partial charge in [0.2, 0.25) is 0 Å². The van der Waals surface area contributed by atoms with Crippen molar-refractivity contribution in [2.45, 2.75) is 5.41 Å². The number of thiophene rings is 1. The highest BCUT2D eigenvalue weighted by molar-refractivity contribution is 7.26. The Morgan fingerprint density at radius 1 is 0.356 bits per heavy atom. The minimum atomic E-state index is -0.435. The van der Waals surface area contributed by atoms with Crippen LogP contribution in [-0.4, -0.2) is 0 Å². The second-order valence-electron chi connectivity index (χ2n) is 15.9. The van der Waals surface area contributed by atoms with Crippen molar-refractivity contribution in [3.8, 4) is 33.4 Å². The third kappa shape index (κ3) is 4.50. The number of fused-ring (bicyclic) bond motifs is 16. The van der Waals surface area contributed by atoms with E-state index in [1.807, 2.05) is 11.3 Å². The van der Waals surface area contributed by atoms with Gasteiger partial charge in [0.15, 0.2) is 0 Å². The predicted octanol–water partition coefficient (Wildman–Crippen LogP) is 15.8. The number of hydrogen-bond donors (Lipinski definition) is 0. The maximum Gasteiger partial charge on any atom is 0.0726 e. The summed E-state index contributed by atoms with van der Waals surface area (Å²) < 4.78 is 2.59. The second-order valence-corrected chi connectivity index (χ2v) is 17.0. The zero-order valence-corrected chi connectivity index (χ0v) is 32.9. The molecule has 0 saturated heterocycles. The molecule has 2 heteroatoms. The van der Waals surface area contributed by atoms with Crippen molar-refractivity contribution >= 4 is 70.1 Å². The number of hydrogen-bond acceptors (Lipinski definition) is 2. The van der Waals surface area contributed by atoms with Crippen LogP contribution in [0.4, 0.5) is 17.1 Å². The van der Waals surface area contributed by atoms with E-state index in [0.29, 0.717) is 0 Å². The van der Waals surface area contributed by atoms with Crippen molar-refractivity contribution in [3.05, 3.63) is 235 Å². The molecule has 274 valence electrons. The van der Waals surface area contributed by atoms with Crippen LogP contribution in [0.25, 0.3) is 75.1 Å². The lowest BCUT2D eigenvalue weighted by atomic mass is 9.70. The minimum Gasteiger partial charge on any atom is -0.309 e. The highest BCUT2D eigenvalue weighted by atomic mass is 32.1. The molecule has 0 bridgehead atoms. The van der Waals surface area contributed by atoms with Gasteiger partial charge in [-0.1, -0.05) is 176 Å². The molecule has 2 aliphatic rings. The molecule has 0 saturated carbocycles. The number of benzene rings is 10. The summed E-state index contributed by atoms with van der Waals surface area (Å²) in [4.78, 5) is 2.53. The molecule has 11 aromatic rings. The average molecular weight is 766 g/mol. The summed E-state index contributed by atoms with van der Waals surface area (Å²) in [6.45, 7) is 0. The summed E-state index contributed by atoms with van der Waals surface area (Å²) in [5.41, 5.74) is 16.1. The third-order valence-corrected chi connectivity index (χ3v) is 14.2. The molecule has 2 aliphatic carbocycles. The first kappa shape index (κ1) is 32.8. The van der Waals surface area contributed by atoms with Gasteiger partial charge in [0.25, 0.3) is 0 Å².